The van der Waals surface area contributed by atoms with Crippen LogP contribution >= 0.6 is 0 Å². The maximum atomic E-state index is 12.4. The Morgan fingerprint density at radius 2 is 1.76 bits per heavy atom. The van der Waals surface area contributed by atoms with Gasteiger partial charge in [0.1, 0.15) is 0 Å². The van der Waals surface area contributed by atoms with E-state index >= 15 is 0 Å². The van der Waals surface area contributed by atoms with Gasteiger partial charge < -0.3 is 29.4 Å². The first-order chi connectivity index (χ1) is 19.6. The van der Waals surface area contributed by atoms with Gasteiger partial charge in [-0.1, -0.05) is 23.8 Å². The van der Waals surface area contributed by atoms with Crippen LogP contribution in [0, 0.1) is 20.8 Å². The second kappa shape index (κ2) is 12.4. The van der Waals surface area contributed by atoms with Crippen molar-refractivity contribution in [2.24, 2.45) is 5.10 Å². The van der Waals surface area contributed by atoms with Crippen molar-refractivity contribution in [3.63, 3.8) is 0 Å². The number of hydrazone groups is 1. The summed E-state index contributed by atoms with van der Waals surface area (Å²) in [6, 6.07) is 13.9. The van der Waals surface area contributed by atoms with Crippen molar-refractivity contribution in [2.45, 2.75) is 33.7 Å². The van der Waals surface area contributed by atoms with Crippen molar-refractivity contribution >= 4 is 24.1 Å². The van der Waals surface area contributed by atoms with E-state index in [9.17, 15) is 14.4 Å². The van der Waals surface area contributed by atoms with Gasteiger partial charge >= 0.3 is 12.0 Å². The number of hydrogen-bond acceptors (Lipinski definition) is 7. The molecule has 2 aromatic carbocycles. The minimum Gasteiger partial charge on any atom is -0.493 e. The lowest BCUT2D eigenvalue weighted by Gasteiger charge is -2.28. The SMILES string of the molecule is COC(=O)C1=C(C)NC(=O)N[C@H]1c1ccc(OCC(=O)N/N=C\c2cc(C)n(-c3ccc(C)cc3)c2C)c(OC)c1. The number of amides is 3. The van der Waals surface area contributed by atoms with Crippen molar-refractivity contribution in [3.8, 4) is 17.2 Å². The first-order valence-corrected chi connectivity index (χ1v) is 12.9. The van der Waals surface area contributed by atoms with Gasteiger partial charge in [0.2, 0.25) is 0 Å². The number of methoxy groups -OCH3 is 2. The normalized spacial score (nSPS) is 14.9. The summed E-state index contributed by atoms with van der Waals surface area (Å²) in [4.78, 5) is 36.9. The van der Waals surface area contributed by atoms with Crippen LogP contribution in [0.3, 0.4) is 0 Å². The number of urea groups is 1. The summed E-state index contributed by atoms with van der Waals surface area (Å²) in [6.07, 6.45) is 1.60. The number of hydrogen-bond donors (Lipinski definition) is 3. The predicted octanol–water partition coefficient (Wildman–Crippen LogP) is 3.74. The first kappa shape index (κ1) is 28.9. The third-order valence-electron chi connectivity index (χ3n) is 6.71. The van der Waals surface area contributed by atoms with Gasteiger partial charge in [-0.15, -0.1) is 0 Å². The highest BCUT2D eigenvalue weighted by molar-refractivity contribution is 5.95. The topological polar surface area (TPSA) is 132 Å². The van der Waals surface area contributed by atoms with E-state index in [0.29, 0.717) is 22.8 Å². The summed E-state index contributed by atoms with van der Waals surface area (Å²) in [5, 5.41) is 9.39. The molecule has 3 N–H and O–H groups in total. The quantitative estimate of drug-likeness (QED) is 0.208. The zero-order valence-electron chi connectivity index (χ0n) is 23.8. The van der Waals surface area contributed by atoms with Crippen molar-refractivity contribution in [3.05, 3.63) is 87.9 Å². The van der Waals surface area contributed by atoms with Crippen LogP contribution in [-0.2, 0) is 14.3 Å². The van der Waals surface area contributed by atoms with Gasteiger partial charge in [-0.25, -0.2) is 15.0 Å². The van der Waals surface area contributed by atoms with Crippen molar-refractivity contribution in [2.75, 3.05) is 20.8 Å². The van der Waals surface area contributed by atoms with Crippen LogP contribution in [0.4, 0.5) is 4.79 Å². The molecule has 0 fully saturated rings. The monoisotopic (exact) mass is 559 g/mol. The minimum atomic E-state index is -0.759. The second-order valence-corrected chi connectivity index (χ2v) is 9.55. The van der Waals surface area contributed by atoms with Gasteiger partial charge in [0.25, 0.3) is 5.91 Å². The minimum absolute atomic E-state index is 0.264. The molecule has 2 heterocycles. The fourth-order valence-electron chi connectivity index (χ4n) is 4.67. The van der Waals surface area contributed by atoms with Gasteiger partial charge in [-0.05, 0) is 63.6 Å². The molecule has 41 heavy (non-hydrogen) atoms. The van der Waals surface area contributed by atoms with Crippen molar-refractivity contribution in [1.29, 1.82) is 0 Å². The standard InChI is InChI=1S/C30H33N5O6/c1-17-7-10-23(11-8-17)35-18(2)13-22(20(35)4)15-31-34-26(36)16-41-24-12-9-21(14-25(24)39-5)28-27(29(37)40-6)19(3)32-30(38)33-28/h7-15,28H,16H2,1-6H3,(H,34,36)(H2,32,33,38)/b31-15-/t28-/m0/s1. The van der Waals surface area contributed by atoms with Gasteiger partial charge in [-0.2, -0.15) is 5.10 Å². The van der Waals surface area contributed by atoms with Gasteiger partial charge in [0.05, 0.1) is 32.0 Å². The molecule has 4 rings (SSSR count). The fourth-order valence-corrected chi connectivity index (χ4v) is 4.67. The molecule has 11 nitrogen and oxygen atoms in total. The molecule has 1 aliphatic rings. The van der Waals surface area contributed by atoms with Crippen molar-refractivity contribution < 1.29 is 28.6 Å². The molecule has 1 aromatic heterocycles. The third-order valence-corrected chi connectivity index (χ3v) is 6.71. The third kappa shape index (κ3) is 6.40. The zero-order valence-corrected chi connectivity index (χ0v) is 23.8. The average Bonchev–Trinajstić information content (AvgIpc) is 3.23. The Balaban J connectivity index is 1.41. The van der Waals surface area contributed by atoms with E-state index in [1.54, 1.807) is 31.3 Å². The Labute approximate surface area is 238 Å². The van der Waals surface area contributed by atoms with E-state index in [4.69, 9.17) is 14.2 Å². The lowest BCUT2D eigenvalue weighted by molar-refractivity contribution is -0.136. The van der Waals surface area contributed by atoms with Crippen LogP contribution in [0.25, 0.3) is 5.69 Å². The van der Waals surface area contributed by atoms with Crippen LogP contribution in [0.1, 0.15) is 41.0 Å². The number of aromatic nitrogens is 1. The number of allylic oxidation sites excluding steroid dienone is 1. The highest BCUT2D eigenvalue weighted by atomic mass is 16.5. The number of carbonyl (C=O) groups excluding carboxylic acids is 3. The zero-order chi connectivity index (χ0) is 29.7. The molecular formula is C30H33N5O6. The molecule has 0 aliphatic carbocycles. The summed E-state index contributed by atoms with van der Waals surface area (Å²) in [6.45, 7) is 7.37. The van der Waals surface area contributed by atoms with E-state index < -0.39 is 23.9 Å². The number of aryl methyl sites for hydroxylation is 2. The molecule has 0 bridgehead atoms. The highest BCUT2D eigenvalue weighted by Crippen LogP contribution is 2.34. The molecule has 0 radical (unpaired) electrons. The number of ether oxygens (including phenoxy) is 3. The van der Waals surface area contributed by atoms with Crippen molar-refractivity contribution in [1.82, 2.24) is 20.6 Å². The molecule has 3 aromatic rings. The number of nitrogens with zero attached hydrogens (tertiary/aromatic N) is 2. The summed E-state index contributed by atoms with van der Waals surface area (Å²) >= 11 is 0. The molecule has 3 amide bonds. The van der Waals surface area contributed by atoms with Gasteiger partial charge in [-0.3, -0.25) is 4.79 Å². The molecule has 214 valence electrons. The van der Waals surface area contributed by atoms with E-state index in [2.05, 4.69) is 50.0 Å². The Bertz CT molecular complexity index is 1540. The second-order valence-electron chi connectivity index (χ2n) is 9.55. The first-order valence-electron chi connectivity index (χ1n) is 12.9. The lowest BCUT2D eigenvalue weighted by Crippen LogP contribution is -2.45. The number of esters is 1. The summed E-state index contributed by atoms with van der Waals surface area (Å²) in [5.74, 6) is -0.417. The molecule has 0 saturated heterocycles. The van der Waals surface area contributed by atoms with E-state index in [0.717, 1.165) is 22.6 Å². The summed E-state index contributed by atoms with van der Waals surface area (Å²) in [5.41, 5.74) is 8.87. The Hall–Kier alpha value is -5.06. The molecule has 0 saturated carbocycles. The van der Waals surface area contributed by atoms with Crippen LogP contribution in [0.5, 0.6) is 11.5 Å². The number of carbonyl (C=O) groups is 3. The average molecular weight is 560 g/mol. The van der Waals surface area contributed by atoms with Gasteiger partial charge in [0, 0.05) is 28.3 Å². The van der Waals surface area contributed by atoms with Crippen LogP contribution < -0.4 is 25.5 Å². The molecule has 0 spiro atoms. The summed E-state index contributed by atoms with van der Waals surface area (Å²) < 4.78 is 18.1. The van der Waals surface area contributed by atoms with E-state index in [1.165, 1.54) is 19.8 Å². The molecule has 0 unspecified atom stereocenters. The Morgan fingerprint density at radius 3 is 2.44 bits per heavy atom. The number of nitrogens with one attached hydrogen (secondary N) is 3. The molecule has 1 aliphatic heterocycles. The maximum absolute atomic E-state index is 12.4. The largest absolute Gasteiger partial charge is 0.493 e. The van der Waals surface area contributed by atoms with Crippen LogP contribution in [0.2, 0.25) is 0 Å². The smallest absolute Gasteiger partial charge is 0.337 e. The van der Waals surface area contributed by atoms with Gasteiger partial charge in [0.15, 0.2) is 18.1 Å². The number of benzene rings is 2. The summed E-state index contributed by atoms with van der Waals surface area (Å²) in [7, 11) is 2.72. The highest BCUT2D eigenvalue weighted by Gasteiger charge is 2.32. The lowest BCUT2D eigenvalue weighted by atomic mass is 9.95. The fraction of sp³-hybridized carbons (Fsp3) is 0.267. The van der Waals surface area contributed by atoms with Crippen LogP contribution in [0.15, 0.2) is 64.9 Å². The Morgan fingerprint density at radius 1 is 1.02 bits per heavy atom. The molecule has 11 heteroatoms. The van der Waals surface area contributed by atoms with E-state index in [1.807, 2.05) is 26.8 Å². The van der Waals surface area contributed by atoms with Crippen LogP contribution in [-0.4, -0.2) is 49.5 Å². The predicted molar refractivity (Wildman–Crippen MR) is 153 cm³/mol. The molecular weight excluding hydrogens is 526 g/mol. The maximum Gasteiger partial charge on any atom is 0.337 e. The molecule has 1 atom stereocenters. The Kier molecular flexibility index (Phi) is 8.76. The van der Waals surface area contributed by atoms with E-state index in [-0.39, 0.29) is 12.2 Å². The number of rotatable bonds is 9.